The third-order valence-electron chi connectivity index (χ3n) is 4.09. The minimum Gasteiger partial charge on any atom is -0.340 e. The SMILES string of the molecule is Cc1c(Cl)cccc1NC(=O)CN1CCN(C(=O)C(C)C)CC1. The molecule has 0 aliphatic carbocycles. The third kappa shape index (κ3) is 4.69. The Morgan fingerprint density at radius 3 is 2.48 bits per heavy atom. The van der Waals surface area contributed by atoms with Crippen LogP contribution in [0.5, 0.6) is 0 Å². The molecule has 1 aromatic rings. The number of halogens is 1. The second-order valence-electron chi connectivity index (χ2n) is 6.22. The lowest BCUT2D eigenvalue weighted by atomic mass is 10.1. The summed E-state index contributed by atoms with van der Waals surface area (Å²) in [5.74, 6) is 0.151. The van der Waals surface area contributed by atoms with Crippen LogP contribution < -0.4 is 5.32 Å². The highest BCUT2D eigenvalue weighted by atomic mass is 35.5. The molecule has 2 amide bonds. The number of carbonyl (C=O) groups is 2. The van der Waals surface area contributed by atoms with Crippen LogP contribution in [0.4, 0.5) is 5.69 Å². The Morgan fingerprint density at radius 1 is 1.22 bits per heavy atom. The quantitative estimate of drug-likeness (QED) is 0.917. The van der Waals surface area contributed by atoms with Crippen molar-refractivity contribution in [3.05, 3.63) is 28.8 Å². The monoisotopic (exact) mass is 337 g/mol. The fourth-order valence-corrected chi connectivity index (χ4v) is 2.80. The zero-order chi connectivity index (χ0) is 17.0. The molecule has 1 fully saturated rings. The highest BCUT2D eigenvalue weighted by Crippen LogP contribution is 2.22. The fourth-order valence-electron chi connectivity index (χ4n) is 2.63. The van der Waals surface area contributed by atoms with Gasteiger partial charge in [0, 0.05) is 42.8 Å². The van der Waals surface area contributed by atoms with Crippen molar-refractivity contribution in [1.82, 2.24) is 9.80 Å². The van der Waals surface area contributed by atoms with E-state index in [4.69, 9.17) is 11.6 Å². The van der Waals surface area contributed by atoms with Crippen LogP contribution in [0.1, 0.15) is 19.4 Å². The average molecular weight is 338 g/mol. The summed E-state index contributed by atoms with van der Waals surface area (Å²) in [7, 11) is 0. The number of nitrogens with zero attached hydrogens (tertiary/aromatic N) is 2. The van der Waals surface area contributed by atoms with E-state index in [0.29, 0.717) is 24.7 Å². The molecule has 2 rings (SSSR count). The number of nitrogens with one attached hydrogen (secondary N) is 1. The van der Waals surface area contributed by atoms with Gasteiger partial charge in [-0.25, -0.2) is 0 Å². The van der Waals surface area contributed by atoms with Gasteiger partial charge in [-0.2, -0.15) is 0 Å². The number of hydrogen-bond acceptors (Lipinski definition) is 3. The van der Waals surface area contributed by atoms with Gasteiger partial charge in [0.1, 0.15) is 0 Å². The summed E-state index contributed by atoms with van der Waals surface area (Å²) in [5, 5.41) is 3.55. The van der Waals surface area contributed by atoms with Crippen molar-refractivity contribution in [1.29, 1.82) is 0 Å². The molecule has 5 nitrogen and oxygen atoms in total. The van der Waals surface area contributed by atoms with Gasteiger partial charge in [-0.05, 0) is 24.6 Å². The van der Waals surface area contributed by atoms with Crippen LogP contribution in [0.3, 0.4) is 0 Å². The van der Waals surface area contributed by atoms with Gasteiger partial charge in [-0.15, -0.1) is 0 Å². The van der Waals surface area contributed by atoms with Crippen molar-refractivity contribution in [2.75, 3.05) is 38.0 Å². The molecule has 1 N–H and O–H groups in total. The predicted molar refractivity (Wildman–Crippen MR) is 92.7 cm³/mol. The standard InChI is InChI=1S/C17H24ClN3O2/c1-12(2)17(23)21-9-7-20(8-10-21)11-16(22)19-15-6-4-5-14(18)13(15)3/h4-6,12H,7-11H2,1-3H3,(H,19,22). The van der Waals surface area contributed by atoms with E-state index >= 15 is 0 Å². The Morgan fingerprint density at radius 2 is 1.87 bits per heavy atom. The van der Waals surface area contributed by atoms with Crippen molar-refractivity contribution in [2.24, 2.45) is 5.92 Å². The van der Waals surface area contributed by atoms with Crippen molar-refractivity contribution >= 4 is 29.1 Å². The molecule has 1 aliphatic heterocycles. The van der Waals surface area contributed by atoms with Crippen LogP contribution >= 0.6 is 11.6 Å². The number of hydrogen-bond donors (Lipinski definition) is 1. The van der Waals surface area contributed by atoms with Crippen LogP contribution in [0.2, 0.25) is 5.02 Å². The molecule has 0 radical (unpaired) electrons. The van der Waals surface area contributed by atoms with Gasteiger partial charge in [-0.1, -0.05) is 31.5 Å². The highest BCUT2D eigenvalue weighted by molar-refractivity contribution is 6.31. The summed E-state index contributed by atoms with van der Waals surface area (Å²) in [4.78, 5) is 28.1. The molecule has 6 heteroatoms. The van der Waals surface area contributed by atoms with E-state index in [2.05, 4.69) is 10.2 Å². The maximum Gasteiger partial charge on any atom is 0.238 e. The van der Waals surface area contributed by atoms with Crippen LogP contribution in [0.25, 0.3) is 0 Å². The fraction of sp³-hybridized carbons (Fsp3) is 0.529. The van der Waals surface area contributed by atoms with E-state index < -0.39 is 0 Å². The summed E-state index contributed by atoms with van der Waals surface area (Å²) in [6.07, 6.45) is 0. The maximum atomic E-state index is 12.2. The first-order valence-electron chi connectivity index (χ1n) is 7.94. The van der Waals surface area contributed by atoms with E-state index in [-0.39, 0.29) is 17.7 Å². The van der Waals surface area contributed by atoms with Gasteiger partial charge in [0.25, 0.3) is 0 Å². The first kappa shape index (κ1) is 17.8. The second-order valence-corrected chi connectivity index (χ2v) is 6.62. The predicted octanol–water partition coefficient (Wildman–Crippen LogP) is 2.39. The van der Waals surface area contributed by atoms with Gasteiger partial charge in [0.05, 0.1) is 6.54 Å². The highest BCUT2D eigenvalue weighted by Gasteiger charge is 2.23. The molecule has 0 aromatic heterocycles. The summed E-state index contributed by atoms with van der Waals surface area (Å²) in [6.45, 7) is 8.84. The molecule has 1 saturated heterocycles. The Balaban J connectivity index is 1.83. The number of carbonyl (C=O) groups excluding carboxylic acids is 2. The zero-order valence-corrected chi connectivity index (χ0v) is 14.7. The molecule has 0 saturated carbocycles. The van der Waals surface area contributed by atoms with Gasteiger partial charge in [-0.3, -0.25) is 14.5 Å². The van der Waals surface area contributed by atoms with Gasteiger partial charge in [0.15, 0.2) is 0 Å². The maximum absolute atomic E-state index is 12.2. The Hall–Kier alpha value is -1.59. The number of amides is 2. The molecule has 1 aromatic carbocycles. The first-order chi connectivity index (χ1) is 10.9. The summed E-state index contributed by atoms with van der Waals surface area (Å²) in [5.41, 5.74) is 1.62. The van der Waals surface area contributed by atoms with E-state index in [1.165, 1.54) is 0 Å². The minimum atomic E-state index is -0.0565. The van der Waals surface area contributed by atoms with Gasteiger partial charge < -0.3 is 10.2 Å². The number of anilines is 1. The first-order valence-corrected chi connectivity index (χ1v) is 8.32. The number of rotatable bonds is 4. The van der Waals surface area contributed by atoms with E-state index in [9.17, 15) is 9.59 Å². The summed E-state index contributed by atoms with van der Waals surface area (Å²) < 4.78 is 0. The van der Waals surface area contributed by atoms with Crippen molar-refractivity contribution < 1.29 is 9.59 Å². The lowest BCUT2D eigenvalue weighted by Crippen LogP contribution is -2.51. The van der Waals surface area contributed by atoms with Crippen LogP contribution in [0, 0.1) is 12.8 Å². The molecular formula is C17H24ClN3O2. The average Bonchev–Trinajstić information content (AvgIpc) is 2.52. The molecule has 0 bridgehead atoms. The van der Waals surface area contributed by atoms with E-state index in [0.717, 1.165) is 24.3 Å². The molecule has 23 heavy (non-hydrogen) atoms. The topological polar surface area (TPSA) is 52.7 Å². The number of benzene rings is 1. The summed E-state index contributed by atoms with van der Waals surface area (Å²) >= 11 is 6.06. The Labute approximate surface area is 142 Å². The van der Waals surface area contributed by atoms with Crippen molar-refractivity contribution in [3.63, 3.8) is 0 Å². The van der Waals surface area contributed by atoms with Gasteiger partial charge in [0.2, 0.25) is 11.8 Å². The molecule has 126 valence electrons. The lowest BCUT2D eigenvalue weighted by molar-refractivity contribution is -0.136. The second kappa shape index (κ2) is 7.79. The Kier molecular flexibility index (Phi) is 6.02. The third-order valence-corrected chi connectivity index (χ3v) is 4.50. The van der Waals surface area contributed by atoms with Gasteiger partial charge >= 0.3 is 0 Å². The summed E-state index contributed by atoms with van der Waals surface area (Å²) in [6, 6.07) is 5.47. The largest absolute Gasteiger partial charge is 0.340 e. The molecular weight excluding hydrogens is 314 g/mol. The minimum absolute atomic E-state index is 0.0238. The molecule has 0 atom stereocenters. The van der Waals surface area contributed by atoms with Crippen LogP contribution in [-0.2, 0) is 9.59 Å². The molecule has 0 unspecified atom stereocenters. The van der Waals surface area contributed by atoms with E-state index in [1.54, 1.807) is 6.07 Å². The number of piperazine rings is 1. The van der Waals surface area contributed by atoms with Crippen LogP contribution in [0.15, 0.2) is 18.2 Å². The lowest BCUT2D eigenvalue weighted by Gasteiger charge is -2.35. The van der Waals surface area contributed by atoms with E-state index in [1.807, 2.05) is 37.8 Å². The molecule has 1 aliphatic rings. The zero-order valence-electron chi connectivity index (χ0n) is 13.9. The van der Waals surface area contributed by atoms with Crippen molar-refractivity contribution in [2.45, 2.75) is 20.8 Å². The van der Waals surface area contributed by atoms with Crippen molar-refractivity contribution in [3.8, 4) is 0 Å². The molecule has 1 heterocycles. The Bertz CT molecular complexity index is 581. The smallest absolute Gasteiger partial charge is 0.238 e. The molecule has 0 spiro atoms. The van der Waals surface area contributed by atoms with Crippen LogP contribution in [-0.4, -0.2) is 54.3 Å². The normalized spacial score (nSPS) is 15.8.